The van der Waals surface area contributed by atoms with Gasteiger partial charge in [-0.2, -0.15) is 0 Å². The van der Waals surface area contributed by atoms with E-state index in [-0.39, 0.29) is 5.78 Å². The molecule has 3 rings (SSSR count). The molecule has 3 nitrogen and oxygen atoms in total. The van der Waals surface area contributed by atoms with Gasteiger partial charge in [0.25, 0.3) is 0 Å². The number of fused-ring (bicyclic) bond motifs is 1. The quantitative estimate of drug-likeness (QED) is 0.694. The number of aryl methyl sites for hydroxylation is 2. The highest BCUT2D eigenvalue weighted by atomic mass is 32.1. The predicted octanol–water partition coefficient (Wildman–Crippen LogP) is 3.77. The number of benzene rings is 1. The van der Waals surface area contributed by atoms with Crippen LogP contribution in [0.3, 0.4) is 0 Å². The van der Waals surface area contributed by atoms with Crippen molar-refractivity contribution in [3.8, 4) is 0 Å². The van der Waals surface area contributed by atoms with E-state index in [1.54, 1.807) is 11.3 Å². The van der Waals surface area contributed by atoms with Crippen LogP contribution in [0.25, 0.3) is 11.0 Å². The fourth-order valence-corrected chi connectivity index (χ4v) is 3.28. The molecule has 0 N–H and O–H groups in total. The number of carbonyl (C=O) groups is 1. The maximum atomic E-state index is 12.1. The van der Waals surface area contributed by atoms with Gasteiger partial charge in [0, 0.05) is 18.3 Å². The summed E-state index contributed by atoms with van der Waals surface area (Å²) in [7, 11) is 1.98. The lowest BCUT2D eigenvalue weighted by atomic mass is 10.1. The molecule has 4 heteroatoms. The summed E-state index contributed by atoms with van der Waals surface area (Å²) in [6.45, 7) is 0. The van der Waals surface area contributed by atoms with Crippen molar-refractivity contribution >= 4 is 28.2 Å². The monoisotopic (exact) mass is 298 g/mol. The molecule has 1 aromatic carbocycles. The molecule has 0 saturated carbocycles. The van der Waals surface area contributed by atoms with E-state index < -0.39 is 0 Å². The van der Waals surface area contributed by atoms with Crippen molar-refractivity contribution in [2.45, 2.75) is 25.7 Å². The molecule has 0 amide bonds. The third-order valence-electron chi connectivity index (χ3n) is 3.69. The van der Waals surface area contributed by atoms with E-state index in [0.717, 1.165) is 29.7 Å². The van der Waals surface area contributed by atoms with Crippen LogP contribution in [-0.2, 0) is 24.7 Å². The Morgan fingerprint density at radius 2 is 2.10 bits per heavy atom. The first-order valence-electron chi connectivity index (χ1n) is 7.18. The molecular formula is C17H18N2OS. The molecule has 0 aliphatic heterocycles. The number of rotatable bonds is 6. The Labute approximate surface area is 128 Å². The molecule has 0 aliphatic rings. The lowest BCUT2D eigenvalue weighted by Gasteiger charge is -2.02. The van der Waals surface area contributed by atoms with Crippen LogP contribution >= 0.6 is 11.3 Å². The molecule has 0 bridgehead atoms. The topological polar surface area (TPSA) is 34.9 Å². The second-order valence-electron chi connectivity index (χ2n) is 5.22. The first-order chi connectivity index (χ1) is 10.2. The van der Waals surface area contributed by atoms with E-state index in [1.165, 1.54) is 4.88 Å². The van der Waals surface area contributed by atoms with Crippen molar-refractivity contribution in [1.82, 2.24) is 9.55 Å². The Balaban J connectivity index is 1.59. The summed E-state index contributed by atoms with van der Waals surface area (Å²) in [5, 5.41) is 2.08. The Kier molecular flexibility index (Phi) is 4.15. The number of carbonyl (C=O) groups excluding carboxylic acids is 1. The van der Waals surface area contributed by atoms with E-state index in [4.69, 9.17) is 0 Å². The Bertz CT molecular complexity index is 743. The average Bonchev–Trinajstić information content (AvgIpc) is 3.09. The SMILES string of the molecule is Cn1c(CC(=O)CCCc2cccs2)nc2ccccc21. The second kappa shape index (κ2) is 6.22. The number of imidazole rings is 1. The van der Waals surface area contributed by atoms with Gasteiger partial charge in [0.1, 0.15) is 11.6 Å². The van der Waals surface area contributed by atoms with Crippen LogP contribution in [0, 0.1) is 0 Å². The molecule has 2 aromatic heterocycles. The minimum absolute atomic E-state index is 0.268. The smallest absolute Gasteiger partial charge is 0.140 e. The van der Waals surface area contributed by atoms with E-state index in [0.29, 0.717) is 12.8 Å². The standard InChI is InChI=1S/C17H18N2OS/c1-19-16-10-3-2-9-15(16)18-17(19)12-13(20)6-4-7-14-8-5-11-21-14/h2-3,5,8-11H,4,6-7,12H2,1H3. The number of thiophene rings is 1. The summed E-state index contributed by atoms with van der Waals surface area (Å²) >= 11 is 1.76. The fourth-order valence-electron chi connectivity index (χ4n) is 2.53. The average molecular weight is 298 g/mol. The first kappa shape index (κ1) is 14.0. The van der Waals surface area contributed by atoms with Gasteiger partial charge in [-0.3, -0.25) is 4.79 Å². The maximum absolute atomic E-state index is 12.1. The van der Waals surface area contributed by atoms with E-state index in [9.17, 15) is 4.79 Å². The number of ketones is 1. The normalized spacial score (nSPS) is 11.1. The Morgan fingerprint density at radius 3 is 2.86 bits per heavy atom. The zero-order valence-electron chi connectivity index (χ0n) is 12.1. The number of nitrogens with zero attached hydrogens (tertiary/aromatic N) is 2. The number of aromatic nitrogens is 2. The van der Waals surface area contributed by atoms with Crippen molar-refractivity contribution < 1.29 is 4.79 Å². The molecule has 0 saturated heterocycles. The zero-order valence-corrected chi connectivity index (χ0v) is 12.9. The van der Waals surface area contributed by atoms with Crippen molar-refractivity contribution in [1.29, 1.82) is 0 Å². The van der Waals surface area contributed by atoms with Gasteiger partial charge >= 0.3 is 0 Å². The van der Waals surface area contributed by atoms with Gasteiger partial charge in [0.05, 0.1) is 17.5 Å². The summed E-state index contributed by atoms with van der Waals surface area (Å²) in [5.41, 5.74) is 2.04. The number of para-hydroxylation sites is 2. The molecule has 3 aromatic rings. The largest absolute Gasteiger partial charge is 0.331 e. The lowest BCUT2D eigenvalue weighted by Crippen LogP contribution is -2.08. The van der Waals surface area contributed by atoms with Gasteiger partial charge < -0.3 is 4.57 Å². The summed E-state index contributed by atoms with van der Waals surface area (Å²) in [6, 6.07) is 12.2. The Morgan fingerprint density at radius 1 is 1.24 bits per heavy atom. The lowest BCUT2D eigenvalue weighted by molar-refractivity contribution is -0.118. The van der Waals surface area contributed by atoms with Crippen molar-refractivity contribution in [3.63, 3.8) is 0 Å². The third kappa shape index (κ3) is 3.22. The highest BCUT2D eigenvalue weighted by Crippen LogP contribution is 2.16. The van der Waals surface area contributed by atoms with E-state index >= 15 is 0 Å². The third-order valence-corrected chi connectivity index (χ3v) is 4.63. The van der Waals surface area contributed by atoms with Gasteiger partial charge in [0.15, 0.2) is 0 Å². The van der Waals surface area contributed by atoms with Crippen LogP contribution in [0.5, 0.6) is 0 Å². The molecule has 0 spiro atoms. The van der Waals surface area contributed by atoms with Gasteiger partial charge in [-0.15, -0.1) is 11.3 Å². The van der Waals surface area contributed by atoms with Crippen LogP contribution < -0.4 is 0 Å². The molecule has 2 heterocycles. The molecule has 0 aliphatic carbocycles. The minimum atomic E-state index is 0.268. The summed E-state index contributed by atoms with van der Waals surface area (Å²) in [4.78, 5) is 18.0. The van der Waals surface area contributed by atoms with E-state index in [2.05, 4.69) is 22.5 Å². The molecular weight excluding hydrogens is 280 g/mol. The van der Waals surface area contributed by atoms with Crippen LogP contribution in [0.1, 0.15) is 23.5 Å². The van der Waals surface area contributed by atoms with Crippen LogP contribution in [0.2, 0.25) is 0 Å². The molecule has 0 unspecified atom stereocenters. The number of hydrogen-bond donors (Lipinski definition) is 0. The van der Waals surface area contributed by atoms with Crippen molar-refractivity contribution in [2.24, 2.45) is 7.05 Å². The molecule has 21 heavy (non-hydrogen) atoms. The molecule has 0 atom stereocenters. The van der Waals surface area contributed by atoms with Gasteiger partial charge in [-0.05, 0) is 36.4 Å². The van der Waals surface area contributed by atoms with Crippen molar-refractivity contribution in [3.05, 3.63) is 52.5 Å². The summed E-state index contributed by atoms with van der Waals surface area (Å²) < 4.78 is 2.02. The molecule has 108 valence electrons. The number of hydrogen-bond acceptors (Lipinski definition) is 3. The van der Waals surface area contributed by atoms with Crippen LogP contribution in [0.15, 0.2) is 41.8 Å². The van der Waals surface area contributed by atoms with Crippen LogP contribution in [-0.4, -0.2) is 15.3 Å². The van der Waals surface area contributed by atoms with Gasteiger partial charge in [-0.25, -0.2) is 4.98 Å². The highest BCUT2D eigenvalue weighted by Gasteiger charge is 2.11. The Hall–Kier alpha value is -1.94. The van der Waals surface area contributed by atoms with E-state index in [1.807, 2.05) is 35.9 Å². The van der Waals surface area contributed by atoms with Gasteiger partial charge in [-0.1, -0.05) is 18.2 Å². The fraction of sp³-hybridized carbons (Fsp3) is 0.294. The van der Waals surface area contributed by atoms with Crippen molar-refractivity contribution in [2.75, 3.05) is 0 Å². The zero-order chi connectivity index (χ0) is 14.7. The molecule has 0 radical (unpaired) electrons. The minimum Gasteiger partial charge on any atom is -0.331 e. The summed E-state index contributed by atoms with van der Waals surface area (Å²) in [5.74, 6) is 1.13. The molecule has 0 fully saturated rings. The number of Topliss-reactive ketones (excluding diaryl/α,β-unsaturated/α-hetero) is 1. The highest BCUT2D eigenvalue weighted by molar-refractivity contribution is 7.09. The predicted molar refractivity (Wildman–Crippen MR) is 86.7 cm³/mol. The second-order valence-corrected chi connectivity index (χ2v) is 6.26. The first-order valence-corrected chi connectivity index (χ1v) is 8.06. The summed E-state index contributed by atoms with van der Waals surface area (Å²) in [6.07, 6.45) is 2.96. The maximum Gasteiger partial charge on any atom is 0.140 e. The van der Waals surface area contributed by atoms with Crippen LogP contribution in [0.4, 0.5) is 0 Å². The van der Waals surface area contributed by atoms with Gasteiger partial charge in [0.2, 0.25) is 0 Å².